The fourth-order valence-corrected chi connectivity index (χ4v) is 1.54. The molecular weight excluding hydrogens is 238 g/mol. The molecule has 0 saturated heterocycles. The van der Waals surface area contributed by atoms with Gasteiger partial charge in [0, 0.05) is 25.3 Å². The Hall–Kier alpha value is -1.82. The zero-order chi connectivity index (χ0) is 13.7. The third-order valence-electron chi connectivity index (χ3n) is 2.50. The molecular formula is C12H17NO5. The molecule has 18 heavy (non-hydrogen) atoms. The zero-order valence-corrected chi connectivity index (χ0v) is 10.4. The van der Waals surface area contributed by atoms with Crippen molar-refractivity contribution in [3.05, 3.63) is 23.7 Å². The average molecular weight is 255 g/mol. The van der Waals surface area contributed by atoms with Crippen molar-refractivity contribution in [3.8, 4) is 0 Å². The van der Waals surface area contributed by atoms with Crippen molar-refractivity contribution in [2.24, 2.45) is 0 Å². The van der Waals surface area contributed by atoms with Crippen LogP contribution < -0.4 is 0 Å². The lowest BCUT2D eigenvalue weighted by Gasteiger charge is -2.25. The fourth-order valence-electron chi connectivity index (χ4n) is 1.54. The summed E-state index contributed by atoms with van der Waals surface area (Å²) in [5, 5.41) is 17.5. The highest BCUT2D eigenvalue weighted by Gasteiger charge is 2.22. The second-order valence-corrected chi connectivity index (χ2v) is 4.17. The van der Waals surface area contributed by atoms with Crippen molar-refractivity contribution >= 4 is 11.9 Å². The predicted octanol–water partition coefficient (Wildman–Crippen LogP) is 1.21. The van der Waals surface area contributed by atoms with Crippen LogP contribution in [0.2, 0.25) is 0 Å². The van der Waals surface area contributed by atoms with Gasteiger partial charge in [-0.3, -0.25) is 4.79 Å². The Kier molecular flexibility index (Phi) is 4.91. The molecule has 0 saturated carbocycles. The van der Waals surface area contributed by atoms with Gasteiger partial charge in [0.2, 0.25) is 0 Å². The lowest BCUT2D eigenvalue weighted by atomic mass is 10.2. The maximum Gasteiger partial charge on any atom is 0.338 e. The van der Waals surface area contributed by atoms with Crippen LogP contribution in [0, 0.1) is 0 Å². The van der Waals surface area contributed by atoms with E-state index in [4.69, 9.17) is 14.6 Å². The van der Waals surface area contributed by atoms with Gasteiger partial charge in [-0.1, -0.05) is 0 Å². The summed E-state index contributed by atoms with van der Waals surface area (Å²) in [4.78, 5) is 24.3. The first kappa shape index (κ1) is 14.2. The van der Waals surface area contributed by atoms with Crippen LogP contribution in [0.25, 0.3) is 0 Å². The summed E-state index contributed by atoms with van der Waals surface area (Å²) in [6.07, 6.45) is 1.51. The van der Waals surface area contributed by atoms with E-state index in [0.29, 0.717) is 13.0 Å². The number of hydrogen-bond acceptors (Lipinski definition) is 4. The monoisotopic (exact) mass is 255 g/mol. The number of carboxylic acid groups (broad SMARTS) is 1. The summed E-state index contributed by atoms with van der Waals surface area (Å²) in [6.45, 7) is 4.08. The van der Waals surface area contributed by atoms with Gasteiger partial charge in [-0.2, -0.15) is 0 Å². The summed E-state index contributed by atoms with van der Waals surface area (Å²) in [7, 11) is 0. The lowest BCUT2D eigenvalue weighted by molar-refractivity contribution is 0.0658. The number of furan rings is 1. The number of aliphatic hydroxyl groups is 1. The minimum absolute atomic E-state index is 0.000889. The van der Waals surface area contributed by atoms with E-state index in [9.17, 15) is 9.59 Å². The number of carbonyl (C=O) groups excluding carboxylic acids is 1. The van der Waals surface area contributed by atoms with E-state index in [1.807, 2.05) is 13.8 Å². The highest BCUT2D eigenvalue weighted by molar-refractivity contribution is 5.95. The Morgan fingerprint density at radius 2 is 2.11 bits per heavy atom. The maximum absolute atomic E-state index is 12.1. The first-order valence-electron chi connectivity index (χ1n) is 5.71. The first-order chi connectivity index (χ1) is 8.47. The standard InChI is InChI=1S/C12H17NO5/c1-8(2)13(4-3-5-14)11(15)10-6-9(7-18-10)12(16)17/h6-8,14H,3-5H2,1-2H3,(H,16,17). The molecule has 0 bridgehead atoms. The largest absolute Gasteiger partial charge is 0.478 e. The van der Waals surface area contributed by atoms with Gasteiger partial charge in [-0.15, -0.1) is 0 Å². The minimum atomic E-state index is -1.13. The second kappa shape index (κ2) is 6.20. The topological polar surface area (TPSA) is 91.0 Å². The Balaban J connectivity index is 2.84. The third kappa shape index (κ3) is 3.33. The number of aromatic carboxylic acids is 1. The molecule has 6 heteroatoms. The van der Waals surface area contributed by atoms with Gasteiger partial charge in [0.1, 0.15) is 6.26 Å². The predicted molar refractivity (Wildman–Crippen MR) is 63.5 cm³/mol. The van der Waals surface area contributed by atoms with Gasteiger partial charge < -0.3 is 19.5 Å². The fraction of sp³-hybridized carbons (Fsp3) is 0.500. The van der Waals surface area contributed by atoms with E-state index in [1.165, 1.54) is 11.0 Å². The van der Waals surface area contributed by atoms with Crippen LogP contribution in [-0.2, 0) is 0 Å². The average Bonchev–Trinajstić information content (AvgIpc) is 2.78. The molecule has 0 aliphatic heterocycles. The number of carboxylic acids is 1. The second-order valence-electron chi connectivity index (χ2n) is 4.17. The van der Waals surface area contributed by atoms with Crippen molar-refractivity contribution in [2.45, 2.75) is 26.3 Å². The molecule has 2 N–H and O–H groups in total. The van der Waals surface area contributed by atoms with Crippen molar-refractivity contribution < 1.29 is 24.2 Å². The summed E-state index contributed by atoms with van der Waals surface area (Å²) in [5.74, 6) is -1.51. The van der Waals surface area contributed by atoms with Crippen LogP contribution in [-0.4, -0.2) is 46.2 Å². The van der Waals surface area contributed by atoms with Gasteiger partial charge in [0.05, 0.1) is 5.56 Å². The van der Waals surface area contributed by atoms with E-state index < -0.39 is 5.97 Å². The van der Waals surface area contributed by atoms with Crippen LogP contribution >= 0.6 is 0 Å². The molecule has 0 radical (unpaired) electrons. The molecule has 0 fully saturated rings. The van der Waals surface area contributed by atoms with Gasteiger partial charge in [-0.05, 0) is 20.3 Å². The smallest absolute Gasteiger partial charge is 0.338 e. The summed E-state index contributed by atoms with van der Waals surface area (Å²) in [5.41, 5.74) is -0.0517. The molecule has 0 aromatic carbocycles. The molecule has 0 spiro atoms. The summed E-state index contributed by atoms with van der Waals surface area (Å²) < 4.78 is 4.96. The Labute approximate surface area is 105 Å². The lowest BCUT2D eigenvalue weighted by Crippen LogP contribution is -2.37. The van der Waals surface area contributed by atoms with Crippen molar-refractivity contribution in [1.29, 1.82) is 0 Å². The van der Waals surface area contributed by atoms with Crippen LogP contribution in [0.1, 0.15) is 41.2 Å². The Morgan fingerprint density at radius 1 is 1.44 bits per heavy atom. The summed E-state index contributed by atoms with van der Waals surface area (Å²) >= 11 is 0. The highest BCUT2D eigenvalue weighted by atomic mass is 16.4. The normalized spacial score (nSPS) is 10.7. The van der Waals surface area contributed by atoms with E-state index in [0.717, 1.165) is 6.26 Å². The Morgan fingerprint density at radius 3 is 2.56 bits per heavy atom. The highest BCUT2D eigenvalue weighted by Crippen LogP contribution is 2.13. The third-order valence-corrected chi connectivity index (χ3v) is 2.50. The van der Waals surface area contributed by atoms with E-state index in [1.54, 1.807) is 0 Å². The van der Waals surface area contributed by atoms with Crippen LogP contribution in [0.4, 0.5) is 0 Å². The molecule has 1 aromatic rings. The van der Waals surface area contributed by atoms with Crippen molar-refractivity contribution in [2.75, 3.05) is 13.2 Å². The number of rotatable bonds is 6. The van der Waals surface area contributed by atoms with Gasteiger partial charge in [-0.25, -0.2) is 4.79 Å². The van der Waals surface area contributed by atoms with Crippen LogP contribution in [0.3, 0.4) is 0 Å². The van der Waals surface area contributed by atoms with Crippen molar-refractivity contribution in [3.63, 3.8) is 0 Å². The van der Waals surface area contributed by atoms with Gasteiger partial charge in [0.25, 0.3) is 5.91 Å². The van der Waals surface area contributed by atoms with Crippen LogP contribution in [0.5, 0.6) is 0 Å². The molecule has 0 atom stereocenters. The first-order valence-corrected chi connectivity index (χ1v) is 5.71. The van der Waals surface area contributed by atoms with Gasteiger partial charge in [0.15, 0.2) is 5.76 Å². The van der Waals surface area contributed by atoms with E-state index >= 15 is 0 Å². The molecule has 1 aromatic heterocycles. The number of hydrogen-bond donors (Lipinski definition) is 2. The molecule has 1 rings (SSSR count). The van der Waals surface area contributed by atoms with Crippen LogP contribution in [0.15, 0.2) is 16.7 Å². The molecule has 100 valence electrons. The Bertz CT molecular complexity index is 424. The molecule has 0 unspecified atom stereocenters. The number of aliphatic hydroxyl groups excluding tert-OH is 1. The SMILES string of the molecule is CC(C)N(CCCO)C(=O)c1cc(C(=O)O)co1. The molecule has 1 heterocycles. The molecule has 1 amide bonds. The molecule has 0 aliphatic carbocycles. The number of amides is 1. The number of carbonyl (C=O) groups is 2. The molecule has 6 nitrogen and oxygen atoms in total. The maximum atomic E-state index is 12.1. The molecule has 0 aliphatic rings. The zero-order valence-electron chi connectivity index (χ0n) is 10.4. The minimum Gasteiger partial charge on any atom is -0.478 e. The quantitative estimate of drug-likeness (QED) is 0.797. The van der Waals surface area contributed by atoms with E-state index in [2.05, 4.69) is 0 Å². The summed E-state index contributed by atoms with van der Waals surface area (Å²) in [6, 6.07) is 1.15. The van der Waals surface area contributed by atoms with Crippen molar-refractivity contribution in [1.82, 2.24) is 4.90 Å². The number of nitrogens with zero attached hydrogens (tertiary/aromatic N) is 1. The van der Waals surface area contributed by atoms with Gasteiger partial charge >= 0.3 is 5.97 Å². The van der Waals surface area contributed by atoms with E-state index in [-0.39, 0.29) is 29.9 Å².